The maximum absolute atomic E-state index is 12.4. The second-order valence-corrected chi connectivity index (χ2v) is 6.51. The second-order valence-electron chi connectivity index (χ2n) is 6.51. The monoisotopic (exact) mass is 340 g/mol. The average Bonchev–Trinajstić information content (AvgIpc) is 3.13. The molecule has 0 saturated carbocycles. The Hall–Kier alpha value is -2.47. The van der Waals surface area contributed by atoms with Crippen LogP contribution in [0.2, 0.25) is 0 Å². The third-order valence-electron chi connectivity index (χ3n) is 4.25. The van der Waals surface area contributed by atoms with Crippen LogP contribution in [0.25, 0.3) is 6.08 Å². The Morgan fingerprint density at radius 1 is 1.16 bits per heavy atom. The van der Waals surface area contributed by atoms with E-state index in [0.29, 0.717) is 19.0 Å². The zero-order valence-electron chi connectivity index (χ0n) is 14.8. The fourth-order valence-electron chi connectivity index (χ4n) is 2.73. The zero-order valence-corrected chi connectivity index (χ0v) is 14.8. The van der Waals surface area contributed by atoms with Crippen molar-refractivity contribution in [1.82, 2.24) is 20.0 Å². The van der Waals surface area contributed by atoms with Crippen LogP contribution in [0.4, 0.5) is 0 Å². The molecule has 1 amide bonds. The molecule has 0 spiro atoms. The minimum absolute atomic E-state index is 0.0983. The van der Waals surface area contributed by atoms with Crippen molar-refractivity contribution in [2.24, 2.45) is 0 Å². The Labute approximate surface area is 148 Å². The van der Waals surface area contributed by atoms with Gasteiger partial charge >= 0.3 is 11.8 Å². The van der Waals surface area contributed by atoms with Crippen LogP contribution < -0.4 is 0 Å². The topological polar surface area (TPSA) is 62.5 Å². The lowest BCUT2D eigenvalue weighted by Crippen LogP contribution is -2.48. The first-order chi connectivity index (χ1) is 12.1. The van der Waals surface area contributed by atoms with E-state index in [9.17, 15) is 4.79 Å². The van der Waals surface area contributed by atoms with Crippen LogP contribution in [-0.2, 0) is 0 Å². The van der Waals surface area contributed by atoms with E-state index in [1.807, 2.05) is 32.0 Å². The van der Waals surface area contributed by atoms with Gasteiger partial charge in [-0.15, -0.1) is 10.2 Å². The molecule has 6 nitrogen and oxygen atoms in total. The number of hydrogen-bond acceptors (Lipinski definition) is 5. The molecule has 1 aromatic heterocycles. The van der Waals surface area contributed by atoms with Gasteiger partial charge in [-0.05, 0) is 5.56 Å². The molecule has 1 aromatic carbocycles. The van der Waals surface area contributed by atoms with Crippen molar-refractivity contribution in [2.75, 3.05) is 32.7 Å². The fraction of sp³-hybridized carbons (Fsp3) is 0.421. The van der Waals surface area contributed by atoms with Gasteiger partial charge in [-0.3, -0.25) is 9.69 Å². The summed E-state index contributed by atoms with van der Waals surface area (Å²) in [5.41, 5.74) is 1.20. The SMILES string of the molecule is CC(C)c1nnc(C(=O)N2CCN(C/C=C/c3ccccc3)CC2)o1. The molecule has 1 saturated heterocycles. The summed E-state index contributed by atoms with van der Waals surface area (Å²) in [7, 11) is 0. The molecule has 0 unspecified atom stereocenters. The molecule has 0 bridgehead atoms. The summed E-state index contributed by atoms with van der Waals surface area (Å²) in [5, 5.41) is 7.81. The maximum Gasteiger partial charge on any atom is 0.311 e. The molecule has 0 radical (unpaired) electrons. The van der Waals surface area contributed by atoms with Crippen molar-refractivity contribution >= 4 is 12.0 Å². The zero-order chi connectivity index (χ0) is 17.6. The van der Waals surface area contributed by atoms with Gasteiger partial charge in [-0.1, -0.05) is 56.3 Å². The van der Waals surface area contributed by atoms with Gasteiger partial charge in [0.2, 0.25) is 5.89 Å². The number of rotatable bonds is 5. The van der Waals surface area contributed by atoms with E-state index in [0.717, 1.165) is 19.6 Å². The highest BCUT2D eigenvalue weighted by Crippen LogP contribution is 2.14. The summed E-state index contributed by atoms with van der Waals surface area (Å²) in [6.45, 7) is 7.85. The minimum atomic E-state index is -0.168. The van der Waals surface area contributed by atoms with Crippen LogP contribution in [0, 0.1) is 0 Å². The minimum Gasteiger partial charge on any atom is -0.417 e. The van der Waals surface area contributed by atoms with E-state index in [-0.39, 0.29) is 17.7 Å². The van der Waals surface area contributed by atoms with Gasteiger partial charge < -0.3 is 9.32 Å². The molecule has 2 heterocycles. The Morgan fingerprint density at radius 2 is 1.88 bits per heavy atom. The molecule has 1 fully saturated rings. The summed E-state index contributed by atoms with van der Waals surface area (Å²) in [6.07, 6.45) is 4.29. The van der Waals surface area contributed by atoms with Crippen LogP contribution in [0.3, 0.4) is 0 Å². The second kappa shape index (κ2) is 8.07. The number of benzene rings is 1. The Bertz CT molecular complexity index is 716. The normalized spacial score (nSPS) is 16.0. The Morgan fingerprint density at radius 3 is 2.52 bits per heavy atom. The predicted octanol–water partition coefficient (Wildman–Crippen LogP) is 2.66. The third kappa shape index (κ3) is 4.54. The summed E-state index contributed by atoms with van der Waals surface area (Å²) in [4.78, 5) is 16.6. The Kier molecular flexibility index (Phi) is 5.60. The molecule has 132 valence electrons. The van der Waals surface area contributed by atoms with Crippen LogP contribution in [0.1, 0.15) is 41.9 Å². The summed E-state index contributed by atoms with van der Waals surface area (Å²) in [5.74, 6) is 0.565. The molecule has 0 N–H and O–H groups in total. The predicted molar refractivity (Wildman–Crippen MR) is 96.2 cm³/mol. The summed E-state index contributed by atoms with van der Waals surface area (Å²) < 4.78 is 5.46. The Balaban J connectivity index is 1.48. The van der Waals surface area contributed by atoms with E-state index in [1.165, 1.54) is 5.56 Å². The van der Waals surface area contributed by atoms with E-state index in [2.05, 4.69) is 39.4 Å². The van der Waals surface area contributed by atoms with Gasteiger partial charge in [-0.2, -0.15) is 0 Å². The van der Waals surface area contributed by atoms with Crippen molar-refractivity contribution in [3.05, 3.63) is 53.8 Å². The number of hydrogen-bond donors (Lipinski definition) is 0. The summed E-state index contributed by atoms with van der Waals surface area (Å²) >= 11 is 0. The third-order valence-corrected chi connectivity index (χ3v) is 4.25. The highest BCUT2D eigenvalue weighted by Gasteiger charge is 2.26. The molecule has 3 rings (SSSR count). The lowest BCUT2D eigenvalue weighted by atomic mass is 10.2. The highest BCUT2D eigenvalue weighted by molar-refractivity contribution is 5.89. The van der Waals surface area contributed by atoms with Gasteiger partial charge in [0.05, 0.1) is 0 Å². The first kappa shape index (κ1) is 17.4. The molecule has 1 aliphatic rings. The van der Waals surface area contributed by atoms with Crippen molar-refractivity contribution in [3.8, 4) is 0 Å². The largest absolute Gasteiger partial charge is 0.417 e. The van der Waals surface area contributed by atoms with Crippen LogP contribution in [0.15, 0.2) is 40.8 Å². The molecule has 6 heteroatoms. The van der Waals surface area contributed by atoms with Gasteiger partial charge in [0, 0.05) is 38.6 Å². The van der Waals surface area contributed by atoms with Crippen LogP contribution in [-0.4, -0.2) is 58.6 Å². The number of amides is 1. The molecule has 2 aromatic rings. The fourth-order valence-corrected chi connectivity index (χ4v) is 2.73. The molecule has 25 heavy (non-hydrogen) atoms. The molecular weight excluding hydrogens is 316 g/mol. The number of piperazine rings is 1. The van der Waals surface area contributed by atoms with Crippen molar-refractivity contribution in [1.29, 1.82) is 0 Å². The van der Waals surface area contributed by atoms with Gasteiger partial charge in [0.15, 0.2) is 0 Å². The number of aromatic nitrogens is 2. The highest BCUT2D eigenvalue weighted by atomic mass is 16.4. The van der Waals surface area contributed by atoms with Gasteiger partial charge in [0.25, 0.3) is 0 Å². The first-order valence-corrected chi connectivity index (χ1v) is 8.70. The van der Waals surface area contributed by atoms with E-state index in [1.54, 1.807) is 4.90 Å². The van der Waals surface area contributed by atoms with E-state index < -0.39 is 0 Å². The lowest BCUT2D eigenvalue weighted by Gasteiger charge is -2.33. The number of carbonyl (C=O) groups excluding carboxylic acids is 1. The van der Waals surface area contributed by atoms with E-state index in [4.69, 9.17) is 4.42 Å². The standard InChI is InChI=1S/C19H24N4O2/c1-15(2)17-20-21-18(25-17)19(24)23-13-11-22(12-14-23)10-6-9-16-7-4-3-5-8-16/h3-9,15H,10-14H2,1-2H3/b9-6+. The van der Waals surface area contributed by atoms with Crippen molar-refractivity contribution < 1.29 is 9.21 Å². The van der Waals surface area contributed by atoms with E-state index >= 15 is 0 Å². The van der Waals surface area contributed by atoms with Crippen molar-refractivity contribution in [2.45, 2.75) is 19.8 Å². The number of nitrogens with zero attached hydrogens (tertiary/aromatic N) is 4. The molecule has 0 atom stereocenters. The van der Waals surface area contributed by atoms with Crippen molar-refractivity contribution in [3.63, 3.8) is 0 Å². The smallest absolute Gasteiger partial charge is 0.311 e. The summed E-state index contributed by atoms with van der Waals surface area (Å²) in [6, 6.07) is 10.3. The average molecular weight is 340 g/mol. The number of carbonyl (C=O) groups is 1. The molecular formula is C19H24N4O2. The van der Waals surface area contributed by atoms with Crippen LogP contribution >= 0.6 is 0 Å². The van der Waals surface area contributed by atoms with Crippen LogP contribution in [0.5, 0.6) is 0 Å². The maximum atomic E-state index is 12.4. The van der Waals surface area contributed by atoms with Gasteiger partial charge in [-0.25, -0.2) is 0 Å². The first-order valence-electron chi connectivity index (χ1n) is 8.70. The molecule has 0 aliphatic carbocycles. The quantitative estimate of drug-likeness (QED) is 0.837. The van der Waals surface area contributed by atoms with Gasteiger partial charge in [0.1, 0.15) is 0 Å². The molecule has 1 aliphatic heterocycles. The lowest BCUT2D eigenvalue weighted by molar-refractivity contribution is 0.0609.